The number of carbonyl (C=O) groups excluding carboxylic acids is 1. The van der Waals surface area contributed by atoms with Gasteiger partial charge in [0.2, 0.25) is 11.9 Å². The first-order chi connectivity index (χ1) is 7.72. The van der Waals surface area contributed by atoms with Crippen LogP contribution in [0.15, 0.2) is 18.3 Å². The summed E-state index contributed by atoms with van der Waals surface area (Å²) >= 11 is 0. The lowest BCUT2D eigenvalue weighted by Crippen LogP contribution is -2.12. The summed E-state index contributed by atoms with van der Waals surface area (Å²) in [5.41, 5.74) is 0.503. The Labute approximate surface area is 93.8 Å². The predicted octanol–water partition coefficient (Wildman–Crippen LogP) is 1.98. The third kappa shape index (κ3) is 4.84. The van der Waals surface area contributed by atoms with Crippen LogP contribution in [0.25, 0.3) is 0 Å². The zero-order chi connectivity index (χ0) is 11.8. The minimum absolute atomic E-state index is 0.117. The van der Waals surface area contributed by atoms with Crippen LogP contribution in [0, 0.1) is 5.95 Å². The Morgan fingerprint density at radius 3 is 3.00 bits per heavy atom. The van der Waals surface area contributed by atoms with E-state index in [0.717, 1.165) is 0 Å². The molecule has 16 heavy (non-hydrogen) atoms. The van der Waals surface area contributed by atoms with Crippen LogP contribution in [0.4, 0.5) is 10.1 Å². The van der Waals surface area contributed by atoms with Gasteiger partial charge in [0.05, 0.1) is 11.9 Å². The van der Waals surface area contributed by atoms with E-state index in [1.165, 1.54) is 18.3 Å². The van der Waals surface area contributed by atoms with Gasteiger partial charge in [-0.05, 0) is 25.5 Å². The van der Waals surface area contributed by atoms with Crippen molar-refractivity contribution in [3.63, 3.8) is 0 Å². The summed E-state index contributed by atoms with van der Waals surface area (Å²) < 4.78 is 17.6. The normalized spacial score (nSPS) is 10.1. The molecule has 1 N–H and O–H groups in total. The number of pyridine rings is 1. The van der Waals surface area contributed by atoms with Crippen LogP contribution in [-0.4, -0.2) is 24.1 Å². The summed E-state index contributed by atoms with van der Waals surface area (Å²) in [5.74, 6) is -0.678. The van der Waals surface area contributed by atoms with E-state index in [-0.39, 0.29) is 5.91 Å². The first-order valence-electron chi connectivity index (χ1n) is 5.21. The number of anilines is 1. The number of hydrogen-bond acceptors (Lipinski definition) is 3. The zero-order valence-corrected chi connectivity index (χ0v) is 9.20. The van der Waals surface area contributed by atoms with Crippen LogP contribution in [0.3, 0.4) is 0 Å². The van der Waals surface area contributed by atoms with Gasteiger partial charge in [0.1, 0.15) is 0 Å². The van der Waals surface area contributed by atoms with E-state index in [4.69, 9.17) is 4.74 Å². The van der Waals surface area contributed by atoms with Crippen molar-refractivity contribution in [2.24, 2.45) is 0 Å². The lowest BCUT2D eigenvalue weighted by molar-refractivity contribution is -0.116. The monoisotopic (exact) mass is 226 g/mol. The summed E-state index contributed by atoms with van der Waals surface area (Å²) in [6, 6.07) is 2.68. The molecule has 1 amide bonds. The topological polar surface area (TPSA) is 51.2 Å². The first-order valence-corrected chi connectivity index (χ1v) is 5.21. The van der Waals surface area contributed by atoms with Crippen molar-refractivity contribution in [3.05, 3.63) is 24.3 Å². The molecule has 0 saturated carbocycles. The number of amides is 1. The van der Waals surface area contributed by atoms with Gasteiger partial charge in [-0.3, -0.25) is 4.79 Å². The maximum absolute atomic E-state index is 12.5. The quantitative estimate of drug-likeness (QED) is 0.596. The van der Waals surface area contributed by atoms with Gasteiger partial charge in [-0.25, -0.2) is 4.98 Å². The average Bonchev–Trinajstić information content (AvgIpc) is 2.28. The van der Waals surface area contributed by atoms with Crippen molar-refractivity contribution in [1.29, 1.82) is 0 Å². The molecule has 5 heteroatoms. The van der Waals surface area contributed by atoms with Gasteiger partial charge in [0.15, 0.2) is 0 Å². The largest absolute Gasteiger partial charge is 0.382 e. The van der Waals surface area contributed by atoms with Crippen molar-refractivity contribution in [1.82, 2.24) is 4.98 Å². The Hall–Kier alpha value is -1.49. The molecular formula is C11H15FN2O2. The number of nitrogens with zero attached hydrogens (tertiary/aromatic N) is 1. The second-order valence-corrected chi connectivity index (χ2v) is 3.22. The zero-order valence-electron chi connectivity index (χ0n) is 9.20. The molecule has 0 aliphatic rings. The van der Waals surface area contributed by atoms with Crippen LogP contribution in [0.1, 0.15) is 19.8 Å². The molecule has 88 valence electrons. The van der Waals surface area contributed by atoms with Crippen LogP contribution in [0.5, 0.6) is 0 Å². The molecule has 0 aliphatic heterocycles. The third-order valence-corrected chi connectivity index (χ3v) is 1.91. The van der Waals surface area contributed by atoms with Crippen molar-refractivity contribution < 1.29 is 13.9 Å². The highest BCUT2D eigenvalue weighted by Crippen LogP contribution is 2.06. The summed E-state index contributed by atoms with van der Waals surface area (Å²) in [6.45, 7) is 3.14. The van der Waals surface area contributed by atoms with Gasteiger partial charge < -0.3 is 10.1 Å². The molecule has 0 saturated heterocycles. The van der Waals surface area contributed by atoms with Crippen molar-refractivity contribution in [2.45, 2.75) is 19.8 Å². The van der Waals surface area contributed by atoms with Crippen molar-refractivity contribution in [2.75, 3.05) is 18.5 Å². The van der Waals surface area contributed by atoms with Gasteiger partial charge in [0, 0.05) is 19.6 Å². The molecule has 0 aromatic carbocycles. The predicted molar refractivity (Wildman–Crippen MR) is 58.6 cm³/mol. The summed E-state index contributed by atoms with van der Waals surface area (Å²) in [7, 11) is 0. The molecule has 0 fully saturated rings. The Morgan fingerprint density at radius 2 is 2.38 bits per heavy atom. The van der Waals surface area contributed by atoms with Crippen molar-refractivity contribution in [3.8, 4) is 0 Å². The minimum Gasteiger partial charge on any atom is -0.382 e. The fourth-order valence-electron chi connectivity index (χ4n) is 1.15. The molecule has 0 unspecified atom stereocenters. The highest BCUT2D eigenvalue weighted by Gasteiger charge is 2.02. The van der Waals surface area contributed by atoms with Crippen LogP contribution >= 0.6 is 0 Å². The van der Waals surface area contributed by atoms with E-state index in [1.807, 2.05) is 6.92 Å². The number of hydrogen-bond donors (Lipinski definition) is 1. The maximum atomic E-state index is 12.5. The Morgan fingerprint density at radius 1 is 1.56 bits per heavy atom. The van der Waals surface area contributed by atoms with E-state index in [0.29, 0.717) is 31.7 Å². The van der Waals surface area contributed by atoms with E-state index in [9.17, 15) is 9.18 Å². The molecule has 4 nitrogen and oxygen atoms in total. The number of carbonyl (C=O) groups is 1. The highest BCUT2D eigenvalue weighted by atomic mass is 19.1. The van der Waals surface area contributed by atoms with Crippen molar-refractivity contribution >= 4 is 11.6 Å². The highest BCUT2D eigenvalue weighted by molar-refractivity contribution is 5.90. The summed E-state index contributed by atoms with van der Waals surface area (Å²) in [4.78, 5) is 14.8. The molecule has 1 aromatic rings. The van der Waals surface area contributed by atoms with Gasteiger partial charge in [0.25, 0.3) is 0 Å². The number of ether oxygens (including phenoxy) is 1. The molecule has 1 heterocycles. The van der Waals surface area contributed by atoms with E-state index >= 15 is 0 Å². The SMILES string of the molecule is CCOCCCC(=O)Nc1ccc(F)nc1. The number of halogens is 1. The van der Waals surface area contributed by atoms with E-state index in [1.54, 1.807) is 0 Å². The molecule has 0 spiro atoms. The Bertz CT molecular complexity index is 327. The molecule has 0 bridgehead atoms. The van der Waals surface area contributed by atoms with Crippen LogP contribution < -0.4 is 5.32 Å². The van der Waals surface area contributed by atoms with E-state index < -0.39 is 5.95 Å². The molecule has 1 aromatic heterocycles. The molecule has 0 radical (unpaired) electrons. The standard InChI is InChI=1S/C11H15FN2O2/c1-2-16-7-3-4-11(15)14-9-5-6-10(12)13-8-9/h5-6,8H,2-4,7H2,1H3,(H,14,15). The smallest absolute Gasteiger partial charge is 0.224 e. The minimum atomic E-state index is -0.561. The van der Waals surface area contributed by atoms with Gasteiger partial charge in [-0.1, -0.05) is 0 Å². The second kappa shape index (κ2) is 6.90. The number of nitrogens with one attached hydrogen (secondary N) is 1. The molecule has 0 aliphatic carbocycles. The molecule has 1 rings (SSSR count). The lowest BCUT2D eigenvalue weighted by atomic mass is 10.3. The van der Waals surface area contributed by atoms with Crippen LogP contribution in [-0.2, 0) is 9.53 Å². The Balaban J connectivity index is 2.26. The first kappa shape index (κ1) is 12.6. The van der Waals surface area contributed by atoms with Gasteiger partial charge >= 0.3 is 0 Å². The summed E-state index contributed by atoms with van der Waals surface area (Å²) in [5, 5.41) is 2.62. The fraction of sp³-hybridized carbons (Fsp3) is 0.455. The second-order valence-electron chi connectivity index (χ2n) is 3.22. The van der Waals surface area contributed by atoms with Gasteiger partial charge in [-0.15, -0.1) is 0 Å². The lowest BCUT2D eigenvalue weighted by Gasteiger charge is -2.04. The molecule has 0 atom stereocenters. The number of aromatic nitrogens is 1. The van der Waals surface area contributed by atoms with E-state index in [2.05, 4.69) is 10.3 Å². The third-order valence-electron chi connectivity index (χ3n) is 1.91. The average molecular weight is 226 g/mol. The van der Waals surface area contributed by atoms with Gasteiger partial charge in [-0.2, -0.15) is 4.39 Å². The van der Waals surface area contributed by atoms with Crippen LogP contribution in [0.2, 0.25) is 0 Å². The summed E-state index contributed by atoms with van der Waals surface area (Å²) in [6.07, 6.45) is 2.35. The number of rotatable bonds is 6. The Kier molecular flexibility index (Phi) is 5.42. The fourth-order valence-corrected chi connectivity index (χ4v) is 1.15. The molecular weight excluding hydrogens is 211 g/mol. The maximum Gasteiger partial charge on any atom is 0.224 e.